The van der Waals surface area contributed by atoms with Gasteiger partial charge >= 0.3 is 18.2 Å². The smallest absolute Gasteiger partial charge is 0.408 e. The van der Waals surface area contributed by atoms with Gasteiger partial charge in [0.1, 0.15) is 12.3 Å². The molecule has 5 rings (SSSR count). The van der Waals surface area contributed by atoms with Crippen LogP contribution in [0.4, 0.5) is 25.1 Å². The van der Waals surface area contributed by atoms with Crippen molar-refractivity contribution in [1.29, 1.82) is 0 Å². The maximum Gasteiger partial charge on any atom is 0.408 e. The first-order valence-electron chi connectivity index (χ1n) is 10.4. The molecule has 0 amide bonds. The number of nitrogens with zero attached hydrogens (tertiary/aromatic N) is 6. The van der Waals surface area contributed by atoms with Gasteiger partial charge in [0.05, 0.1) is 0 Å². The van der Waals surface area contributed by atoms with Crippen LogP contribution in [0.1, 0.15) is 12.8 Å². The summed E-state index contributed by atoms with van der Waals surface area (Å²) in [5.41, 5.74) is 0. The van der Waals surface area contributed by atoms with E-state index < -0.39 is 12.7 Å². The zero-order valence-electron chi connectivity index (χ0n) is 17.8. The number of alkyl halides is 3. The van der Waals surface area contributed by atoms with Crippen molar-refractivity contribution < 1.29 is 22.3 Å². The molecule has 13 heteroatoms. The molecule has 0 radical (unpaired) electrons. The van der Waals surface area contributed by atoms with Crippen LogP contribution >= 0.6 is 11.6 Å². The molecule has 1 aliphatic heterocycles. The minimum Gasteiger partial charge on any atom is -0.424 e. The first kappa shape index (κ1) is 21.8. The average Bonchev–Trinajstić information content (AvgIpc) is 3.43. The minimum absolute atomic E-state index is 0.00947. The molecule has 1 aromatic carbocycles. The topological polar surface area (TPSA) is 94.1 Å². The number of ether oxygens (including phenoxy) is 1. The van der Waals surface area contributed by atoms with Gasteiger partial charge in [0, 0.05) is 37.0 Å². The largest absolute Gasteiger partial charge is 0.424 e. The van der Waals surface area contributed by atoms with Crippen LogP contribution in [0.5, 0.6) is 11.8 Å². The second kappa shape index (κ2) is 8.08. The molecule has 1 N–H and O–H groups in total. The van der Waals surface area contributed by atoms with Gasteiger partial charge in [0.25, 0.3) is 0 Å². The zero-order valence-corrected chi connectivity index (χ0v) is 18.5. The molecular weight excluding hydrogens is 463 g/mol. The quantitative estimate of drug-likeness (QED) is 0.558. The van der Waals surface area contributed by atoms with Crippen molar-refractivity contribution in [3.63, 3.8) is 0 Å². The van der Waals surface area contributed by atoms with Crippen LogP contribution in [-0.2, 0) is 6.54 Å². The van der Waals surface area contributed by atoms with E-state index in [-0.39, 0.29) is 35.6 Å². The lowest BCUT2D eigenvalue weighted by molar-refractivity contribution is -0.143. The van der Waals surface area contributed by atoms with Crippen molar-refractivity contribution in [2.75, 3.05) is 23.3 Å². The van der Waals surface area contributed by atoms with Gasteiger partial charge < -0.3 is 19.4 Å². The minimum atomic E-state index is -4.49. The third kappa shape index (κ3) is 4.43. The van der Waals surface area contributed by atoms with Gasteiger partial charge in [-0.15, -0.1) is 10.2 Å². The fourth-order valence-corrected chi connectivity index (χ4v) is 4.81. The third-order valence-corrected chi connectivity index (χ3v) is 6.40. The van der Waals surface area contributed by atoms with Crippen molar-refractivity contribution in [2.45, 2.75) is 32.6 Å². The van der Waals surface area contributed by atoms with Gasteiger partial charge in [-0.1, -0.05) is 29.7 Å². The van der Waals surface area contributed by atoms with Gasteiger partial charge in [-0.05, 0) is 30.0 Å². The van der Waals surface area contributed by atoms with E-state index >= 15 is 0 Å². The summed E-state index contributed by atoms with van der Waals surface area (Å²) in [7, 11) is 0. The lowest BCUT2D eigenvalue weighted by Crippen LogP contribution is -2.53. The van der Waals surface area contributed by atoms with Gasteiger partial charge in [0.2, 0.25) is 11.8 Å². The molecule has 4 unspecified atom stereocenters. The van der Waals surface area contributed by atoms with Crippen molar-refractivity contribution in [3.8, 4) is 11.8 Å². The molecule has 1 aliphatic carbocycles. The Bertz CT molecular complexity index is 1150. The predicted molar refractivity (Wildman–Crippen MR) is 112 cm³/mol. The fraction of sp³-hybridized carbons (Fsp3) is 0.500. The molecule has 1 saturated heterocycles. The summed E-state index contributed by atoms with van der Waals surface area (Å²) in [6.45, 7) is 3.99. The number of rotatable bonds is 6. The summed E-state index contributed by atoms with van der Waals surface area (Å²) in [5.74, 6) is 1.75. The summed E-state index contributed by atoms with van der Waals surface area (Å²) < 4.78 is 51.1. The number of benzene rings is 1. The van der Waals surface area contributed by atoms with Gasteiger partial charge in [-0.25, -0.2) is 4.68 Å². The van der Waals surface area contributed by atoms with Crippen LogP contribution in [0.25, 0.3) is 0 Å². The van der Waals surface area contributed by atoms with Gasteiger partial charge in [-0.2, -0.15) is 18.2 Å². The van der Waals surface area contributed by atoms with Crippen molar-refractivity contribution in [2.24, 2.45) is 17.8 Å². The molecule has 0 spiro atoms. The van der Waals surface area contributed by atoms with Crippen molar-refractivity contribution in [3.05, 3.63) is 35.2 Å². The van der Waals surface area contributed by atoms with E-state index in [1.807, 2.05) is 4.90 Å². The Hall–Kier alpha value is -3.02. The number of hydrogen-bond donors (Lipinski definition) is 1. The molecule has 2 aliphatic rings. The Kier molecular flexibility index (Phi) is 5.34. The van der Waals surface area contributed by atoms with E-state index in [2.05, 4.69) is 32.5 Å². The van der Waals surface area contributed by atoms with Crippen LogP contribution in [0.15, 0.2) is 28.7 Å². The van der Waals surface area contributed by atoms with Crippen LogP contribution in [-0.4, -0.2) is 50.3 Å². The maximum absolute atomic E-state index is 13.1. The zero-order chi connectivity index (χ0) is 23.3. The van der Waals surface area contributed by atoms with Crippen molar-refractivity contribution >= 4 is 23.6 Å². The lowest BCUT2D eigenvalue weighted by Gasteiger charge is -2.46. The highest BCUT2D eigenvalue weighted by atomic mass is 35.5. The Morgan fingerprint density at radius 1 is 1.24 bits per heavy atom. The number of hydrogen-bond acceptors (Lipinski definition) is 8. The van der Waals surface area contributed by atoms with Crippen LogP contribution < -0.4 is 15.0 Å². The lowest BCUT2D eigenvalue weighted by atomic mass is 9.63. The molecule has 0 bridgehead atoms. The molecule has 33 heavy (non-hydrogen) atoms. The van der Waals surface area contributed by atoms with Crippen LogP contribution in [0.3, 0.4) is 0 Å². The molecule has 2 aromatic heterocycles. The Labute approximate surface area is 191 Å². The summed E-state index contributed by atoms with van der Waals surface area (Å²) >= 11 is 5.95. The molecular formula is C20H21ClF3N7O2. The van der Waals surface area contributed by atoms with Crippen molar-refractivity contribution in [1.82, 2.24) is 25.0 Å². The summed E-state index contributed by atoms with van der Waals surface area (Å²) in [6, 6.07) is 6.55. The number of aromatic nitrogens is 5. The molecule has 1 saturated carbocycles. The second-order valence-electron chi connectivity index (χ2n) is 8.42. The van der Waals surface area contributed by atoms with E-state index in [0.717, 1.165) is 6.54 Å². The molecule has 176 valence electrons. The first-order chi connectivity index (χ1) is 15.7. The van der Waals surface area contributed by atoms with E-state index in [1.165, 1.54) is 6.07 Å². The first-order valence-corrected chi connectivity index (χ1v) is 10.8. The Morgan fingerprint density at radius 2 is 2.03 bits per heavy atom. The highest BCUT2D eigenvalue weighted by molar-refractivity contribution is 6.30. The molecule has 2 fully saturated rings. The number of halogens is 4. The Balaban J connectivity index is 1.33. The second-order valence-corrected chi connectivity index (χ2v) is 8.85. The standard InChI is InChI=1S/C20H21ClF3N7O2/c1-10-14-7-30(19-28-27-11(2)32-19)8-15(14)16(10)25-17-26-18(31(29-17)9-20(22,23)24)33-13-5-3-4-12(21)6-13/h3-6,10,14-16H,7-9H2,1-2H3,(H,25,29). The molecule has 9 nitrogen and oxygen atoms in total. The highest BCUT2D eigenvalue weighted by Crippen LogP contribution is 2.47. The maximum atomic E-state index is 13.1. The van der Waals surface area contributed by atoms with E-state index in [4.69, 9.17) is 20.8 Å². The monoisotopic (exact) mass is 483 g/mol. The van der Waals surface area contributed by atoms with Gasteiger partial charge in [0.15, 0.2) is 0 Å². The highest BCUT2D eigenvalue weighted by Gasteiger charge is 2.54. The number of nitrogens with one attached hydrogen (secondary N) is 1. The number of aryl methyl sites for hydroxylation is 1. The molecule has 4 atom stereocenters. The summed E-state index contributed by atoms with van der Waals surface area (Å²) in [4.78, 5) is 6.23. The molecule has 3 heterocycles. The predicted octanol–water partition coefficient (Wildman–Crippen LogP) is 4.16. The third-order valence-electron chi connectivity index (χ3n) is 6.17. The van der Waals surface area contributed by atoms with Crippen LogP contribution in [0.2, 0.25) is 5.02 Å². The van der Waals surface area contributed by atoms with Crippen LogP contribution in [0, 0.1) is 24.7 Å². The number of anilines is 2. The van der Waals surface area contributed by atoms with E-state index in [0.29, 0.717) is 34.1 Å². The summed E-state index contributed by atoms with van der Waals surface area (Å²) in [6.07, 6.45) is -4.49. The normalized spacial score (nSPS) is 24.5. The molecule has 3 aromatic rings. The average molecular weight is 484 g/mol. The summed E-state index contributed by atoms with van der Waals surface area (Å²) in [5, 5.41) is 15.6. The SMILES string of the molecule is Cc1nnc(N2CC3C(C)C(Nc4nc(Oc5cccc(Cl)c5)n(CC(F)(F)F)n4)C3C2)o1. The fourth-order valence-electron chi connectivity index (χ4n) is 4.63. The number of fused-ring (bicyclic) bond motifs is 1. The van der Waals surface area contributed by atoms with E-state index in [9.17, 15) is 13.2 Å². The van der Waals surface area contributed by atoms with Gasteiger partial charge in [-0.3, -0.25) is 0 Å². The van der Waals surface area contributed by atoms with E-state index in [1.54, 1.807) is 25.1 Å². The Morgan fingerprint density at radius 3 is 2.73 bits per heavy atom.